The molecule has 2 heterocycles. The van der Waals surface area contributed by atoms with Gasteiger partial charge >= 0.3 is 0 Å². The number of hydrogen-bond donors (Lipinski definition) is 0. The number of aromatic nitrogens is 2. The SMILES string of the molecule is C=CCc1ccc(-c2cc(CCC[Si]C)nc3c2ccc2c(CC=C)ccnc23)cc1. The highest BCUT2D eigenvalue weighted by Crippen LogP contribution is 2.33. The molecular weight excluding hydrogens is 392 g/mol. The molecule has 0 amide bonds. The van der Waals surface area contributed by atoms with Gasteiger partial charge in [0.1, 0.15) is 0 Å². The van der Waals surface area contributed by atoms with E-state index in [-0.39, 0.29) is 0 Å². The molecule has 0 fully saturated rings. The van der Waals surface area contributed by atoms with Gasteiger partial charge in [-0.05, 0) is 53.6 Å². The van der Waals surface area contributed by atoms with Crippen molar-refractivity contribution in [3.8, 4) is 11.1 Å². The molecule has 2 radical (unpaired) electrons. The van der Waals surface area contributed by atoms with Crippen LogP contribution < -0.4 is 0 Å². The van der Waals surface area contributed by atoms with Crippen molar-refractivity contribution >= 4 is 31.3 Å². The van der Waals surface area contributed by atoms with Crippen LogP contribution in [0.15, 0.2) is 80.0 Å². The molecule has 0 aliphatic heterocycles. The first-order valence-electron chi connectivity index (χ1n) is 10.9. The Labute approximate surface area is 187 Å². The Kier molecular flexibility index (Phi) is 6.73. The number of nitrogens with zero attached hydrogens (tertiary/aromatic N) is 2. The van der Waals surface area contributed by atoms with Crippen LogP contribution in [-0.2, 0) is 19.3 Å². The molecular formula is C28H28N2Si. The second-order valence-electron chi connectivity index (χ2n) is 7.88. The van der Waals surface area contributed by atoms with Gasteiger partial charge in [-0.15, -0.1) is 13.2 Å². The molecule has 0 saturated carbocycles. The van der Waals surface area contributed by atoms with E-state index in [9.17, 15) is 0 Å². The van der Waals surface area contributed by atoms with Crippen LogP contribution in [-0.4, -0.2) is 19.5 Å². The van der Waals surface area contributed by atoms with E-state index in [0.717, 1.165) is 50.9 Å². The summed E-state index contributed by atoms with van der Waals surface area (Å²) < 4.78 is 0. The molecule has 0 unspecified atom stereocenters. The van der Waals surface area contributed by atoms with Gasteiger partial charge in [0, 0.05) is 32.2 Å². The third kappa shape index (κ3) is 4.52. The largest absolute Gasteiger partial charge is 0.254 e. The van der Waals surface area contributed by atoms with E-state index in [1.165, 1.54) is 40.1 Å². The second kappa shape index (κ2) is 9.84. The summed E-state index contributed by atoms with van der Waals surface area (Å²) in [5, 5.41) is 2.33. The van der Waals surface area contributed by atoms with Crippen LogP contribution >= 0.6 is 0 Å². The molecule has 3 heteroatoms. The normalized spacial score (nSPS) is 11.1. The van der Waals surface area contributed by atoms with E-state index in [2.05, 4.69) is 68.2 Å². The van der Waals surface area contributed by atoms with Gasteiger partial charge in [-0.3, -0.25) is 9.97 Å². The van der Waals surface area contributed by atoms with Crippen LogP contribution in [0.1, 0.15) is 23.2 Å². The average Bonchev–Trinajstić information content (AvgIpc) is 2.80. The van der Waals surface area contributed by atoms with Gasteiger partial charge in [0.15, 0.2) is 0 Å². The van der Waals surface area contributed by atoms with E-state index in [1.54, 1.807) is 0 Å². The Bertz CT molecular complexity index is 1230. The summed E-state index contributed by atoms with van der Waals surface area (Å²) in [6, 6.07) is 18.9. The van der Waals surface area contributed by atoms with E-state index < -0.39 is 0 Å². The minimum Gasteiger partial charge on any atom is -0.254 e. The molecule has 0 bridgehead atoms. The maximum atomic E-state index is 5.11. The molecule has 0 spiro atoms. The zero-order chi connectivity index (χ0) is 21.6. The van der Waals surface area contributed by atoms with Crippen LogP contribution in [0, 0.1) is 0 Å². The van der Waals surface area contributed by atoms with E-state index >= 15 is 0 Å². The highest BCUT2D eigenvalue weighted by molar-refractivity contribution is 6.33. The fraction of sp³-hybridized carbons (Fsp3) is 0.214. The van der Waals surface area contributed by atoms with Crippen molar-refractivity contribution in [1.82, 2.24) is 9.97 Å². The van der Waals surface area contributed by atoms with Gasteiger partial charge in [0.05, 0.1) is 11.0 Å². The first-order chi connectivity index (χ1) is 15.2. The lowest BCUT2D eigenvalue weighted by Crippen LogP contribution is -1.97. The van der Waals surface area contributed by atoms with Crippen molar-refractivity contribution in [2.24, 2.45) is 0 Å². The van der Waals surface area contributed by atoms with Gasteiger partial charge in [-0.2, -0.15) is 0 Å². The standard InChI is InChI=1S/C28H28N2Si/c1-4-7-20-10-12-22(13-11-20)26-19-23(9-6-18-31-3)30-28-25(26)15-14-24-21(8-5-2)16-17-29-27(24)28/h4-5,10-17,19H,1-2,6-9,18H2,3H3. The van der Waals surface area contributed by atoms with E-state index in [0.29, 0.717) is 0 Å². The van der Waals surface area contributed by atoms with Crippen LogP contribution in [0.3, 0.4) is 0 Å². The van der Waals surface area contributed by atoms with Gasteiger partial charge in [-0.25, -0.2) is 0 Å². The van der Waals surface area contributed by atoms with Gasteiger partial charge < -0.3 is 0 Å². The molecule has 2 nitrogen and oxygen atoms in total. The number of allylic oxidation sites excluding steroid dienone is 2. The summed E-state index contributed by atoms with van der Waals surface area (Å²) >= 11 is 0. The quantitative estimate of drug-likeness (QED) is 0.126. The summed E-state index contributed by atoms with van der Waals surface area (Å²) in [7, 11) is 0.984. The van der Waals surface area contributed by atoms with Crippen molar-refractivity contribution in [1.29, 1.82) is 0 Å². The number of aryl methyl sites for hydroxylation is 1. The minimum absolute atomic E-state index is 0.833. The zero-order valence-corrected chi connectivity index (χ0v) is 19.2. The van der Waals surface area contributed by atoms with E-state index in [1.807, 2.05) is 18.3 Å². The van der Waals surface area contributed by atoms with Crippen LogP contribution in [0.4, 0.5) is 0 Å². The summed E-state index contributed by atoms with van der Waals surface area (Å²) in [6.45, 7) is 10.0. The maximum Gasteiger partial charge on any atom is 0.0974 e. The summed E-state index contributed by atoms with van der Waals surface area (Å²) in [5.74, 6) is 0. The fourth-order valence-corrected chi connectivity index (χ4v) is 4.68. The Morgan fingerprint density at radius 2 is 1.68 bits per heavy atom. The molecule has 4 aromatic rings. The van der Waals surface area contributed by atoms with E-state index in [4.69, 9.17) is 9.97 Å². The summed E-state index contributed by atoms with van der Waals surface area (Å²) in [4.78, 5) is 9.87. The summed E-state index contributed by atoms with van der Waals surface area (Å²) in [5.41, 5.74) is 8.13. The molecule has 2 aromatic heterocycles. The molecule has 0 aliphatic carbocycles. The first kappa shape index (κ1) is 21.2. The smallest absolute Gasteiger partial charge is 0.0974 e. The Balaban J connectivity index is 1.92. The van der Waals surface area contributed by atoms with Crippen molar-refractivity contribution < 1.29 is 0 Å². The molecule has 154 valence electrons. The third-order valence-electron chi connectivity index (χ3n) is 5.70. The van der Waals surface area contributed by atoms with Crippen molar-refractivity contribution in [2.45, 2.75) is 38.3 Å². The van der Waals surface area contributed by atoms with Crippen LogP contribution in [0.25, 0.3) is 32.9 Å². The lowest BCUT2D eigenvalue weighted by Gasteiger charge is -2.13. The molecule has 0 atom stereocenters. The highest BCUT2D eigenvalue weighted by Gasteiger charge is 2.13. The number of fused-ring (bicyclic) bond motifs is 3. The molecule has 4 rings (SSSR count). The second-order valence-corrected chi connectivity index (χ2v) is 9.09. The lowest BCUT2D eigenvalue weighted by atomic mass is 9.95. The Morgan fingerprint density at radius 3 is 2.42 bits per heavy atom. The van der Waals surface area contributed by atoms with Gasteiger partial charge in [-0.1, -0.05) is 67.6 Å². The van der Waals surface area contributed by atoms with Crippen molar-refractivity contribution in [3.05, 3.63) is 96.9 Å². The number of rotatable bonds is 9. The zero-order valence-electron chi connectivity index (χ0n) is 18.2. The molecule has 0 saturated heterocycles. The predicted molar refractivity (Wildman–Crippen MR) is 135 cm³/mol. The van der Waals surface area contributed by atoms with Gasteiger partial charge in [0.2, 0.25) is 0 Å². The maximum absolute atomic E-state index is 5.11. The topological polar surface area (TPSA) is 25.8 Å². The van der Waals surface area contributed by atoms with Crippen molar-refractivity contribution in [2.75, 3.05) is 0 Å². The number of hydrogen-bond acceptors (Lipinski definition) is 2. The molecule has 0 aliphatic rings. The summed E-state index contributed by atoms with van der Waals surface area (Å²) in [6.07, 6.45) is 9.69. The predicted octanol–water partition coefficient (Wildman–Crippen LogP) is 7.01. The lowest BCUT2D eigenvalue weighted by molar-refractivity contribution is 0.885. The number of pyridine rings is 2. The monoisotopic (exact) mass is 420 g/mol. The minimum atomic E-state index is 0.833. The third-order valence-corrected chi connectivity index (χ3v) is 6.56. The van der Waals surface area contributed by atoms with Crippen molar-refractivity contribution in [3.63, 3.8) is 0 Å². The fourth-order valence-electron chi connectivity index (χ4n) is 4.15. The van der Waals surface area contributed by atoms with Crippen LogP contribution in [0.5, 0.6) is 0 Å². The molecule has 0 N–H and O–H groups in total. The van der Waals surface area contributed by atoms with Crippen LogP contribution in [0.2, 0.25) is 12.6 Å². The molecule has 31 heavy (non-hydrogen) atoms. The van der Waals surface area contributed by atoms with Gasteiger partial charge in [0.25, 0.3) is 0 Å². The highest BCUT2D eigenvalue weighted by atomic mass is 28.2. The first-order valence-corrected chi connectivity index (χ1v) is 12.6. The Hall–Kier alpha value is -3.04. The average molecular weight is 421 g/mol. The molecule has 2 aromatic carbocycles. The number of benzene rings is 2. The Morgan fingerprint density at radius 1 is 0.903 bits per heavy atom.